The Kier molecular flexibility index (Phi) is 5.31. The fourth-order valence-corrected chi connectivity index (χ4v) is 3.32. The van der Waals surface area contributed by atoms with Gasteiger partial charge in [0.2, 0.25) is 0 Å². The van der Waals surface area contributed by atoms with Crippen molar-refractivity contribution in [3.05, 3.63) is 47.2 Å². The lowest BCUT2D eigenvalue weighted by atomic mass is 10.3. The first-order valence-corrected chi connectivity index (χ1v) is 6.69. The lowest BCUT2D eigenvalue weighted by molar-refractivity contribution is 0.735. The first-order chi connectivity index (χ1) is 6.88. The molecule has 1 rings (SSSR count). The van der Waals surface area contributed by atoms with Crippen molar-refractivity contribution >= 4 is 10.5 Å². The highest BCUT2D eigenvalue weighted by Gasteiger charge is 2.12. The van der Waals surface area contributed by atoms with Crippen LogP contribution in [-0.2, 0) is 0 Å². The Labute approximate surface area is 89.9 Å². The van der Waals surface area contributed by atoms with E-state index in [4.69, 9.17) is 0 Å². The first kappa shape index (κ1) is 11.3. The summed E-state index contributed by atoms with van der Waals surface area (Å²) in [5.41, 5.74) is 0. The van der Waals surface area contributed by atoms with Gasteiger partial charge in [-0.25, -0.2) is 0 Å². The van der Waals surface area contributed by atoms with Crippen LogP contribution in [0.15, 0.2) is 47.2 Å². The van der Waals surface area contributed by atoms with Crippen molar-refractivity contribution in [1.29, 1.82) is 0 Å². The molecule has 0 aliphatic heterocycles. The van der Waals surface area contributed by atoms with Crippen LogP contribution in [-0.4, -0.2) is 0 Å². The molecular weight excluding hydrogens is 188 g/mol. The predicted molar refractivity (Wildman–Crippen MR) is 66.2 cm³/mol. The molecule has 0 bridgehead atoms. The summed E-state index contributed by atoms with van der Waals surface area (Å²) in [4.78, 5) is 0. The molecule has 0 saturated carbocycles. The Morgan fingerprint density at radius 1 is 0.786 bits per heavy atom. The second-order valence-electron chi connectivity index (χ2n) is 3.27. The Balaban J connectivity index is 3.03. The van der Waals surface area contributed by atoms with Gasteiger partial charge in [0, 0.05) is 0 Å². The highest BCUT2D eigenvalue weighted by atomic mass is 32.2. The van der Waals surface area contributed by atoms with Gasteiger partial charge in [-0.2, -0.15) is 0 Å². The fraction of sp³-hybridized carbons (Fsp3) is 0.385. The fourth-order valence-electron chi connectivity index (χ4n) is 1.47. The van der Waals surface area contributed by atoms with Crippen LogP contribution >= 0.6 is 10.5 Å². The average Bonchev–Trinajstić information content (AvgIpc) is 2.34. The molecule has 0 aromatic carbocycles. The molecular formula is C13H19S+. The van der Waals surface area contributed by atoms with Crippen LogP contribution in [0.3, 0.4) is 0 Å². The molecule has 1 heterocycles. The molecule has 76 valence electrons. The van der Waals surface area contributed by atoms with E-state index in [0.29, 0.717) is 10.5 Å². The van der Waals surface area contributed by atoms with Crippen LogP contribution in [0.1, 0.15) is 31.9 Å². The maximum Gasteiger partial charge on any atom is 0.137 e. The summed E-state index contributed by atoms with van der Waals surface area (Å²) in [6, 6.07) is 12.7. The number of rotatable bonds is 3. The summed E-state index contributed by atoms with van der Waals surface area (Å²) in [7, 11) is 0.314. The molecule has 0 fully saturated rings. The number of hydrogen-bond donors (Lipinski definition) is 0. The minimum absolute atomic E-state index is 0.314. The second-order valence-corrected chi connectivity index (χ2v) is 5.30. The van der Waals surface area contributed by atoms with Gasteiger partial charge in [-0.3, -0.25) is 0 Å². The van der Waals surface area contributed by atoms with Crippen molar-refractivity contribution in [2.24, 2.45) is 0 Å². The largest absolute Gasteiger partial charge is 0.137 e. The van der Waals surface area contributed by atoms with Crippen molar-refractivity contribution in [1.82, 2.24) is 0 Å². The standard InChI is InChI=1S/C13H19S/c1-3-13(4-2)14-11-9-7-5-6-8-10-12-14/h5-13H,3-4H2,1-2H3/q+1. The molecule has 1 aromatic rings. The van der Waals surface area contributed by atoms with Crippen LogP contribution < -0.4 is 0 Å². The summed E-state index contributed by atoms with van der Waals surface area (Å²) in [6.45, 7) is 4.56. The summed E-state index contributed by atoms with van der Waals surface area (Å²) < 4.78 is 0. The molecule has 0 N–H and O–H groups in total. The van der Waals surface area contributed by atoms with Crippen molar-refractivity contribution in [2.75, 3.05) is 0 Å². The molecule has 0 radical (unpaired) electrons. The maximum atomic E-state index is 2.33. The number of hydrogen-bond acceptors (Lipinski definition) is 0. The molecule has 0 amide bonds. The summed E-state index contributed by atoms with van der Waals surface area (Å²) >= 11 is 0. The molecule has 14 heavy (non-hydrogen) atoms. The highest BCUT2D eigenvalue weighted by molar-refractivity contribution is 7.28. The summed E-state index contributed by atoms with van der Waals surface area (Å²) in [5.74, 6) is 0. The van der Waals surface area contributed by atoms with E-state index in [2.05, 4.69) is 61.0 Å². The monoisotopic (exact) mass is 207 g/mol. The van der Waals surface area contributed by atoms with Crippen molar-refractivity contribution in [3.8, 4) is 0 Å². The van der Waals surface area contributed by atoms with Crippen molar-refractivity contribution < 1.29 is 0 Å². The van der Waals surface area contributed by atoms with E-state index < -0.39 is 0 Å². The normalized spacial score (nSPS) is 9.93. The highest BCUT2D eigenvalue weighted by Crippen LogP contribution is 2.33. The van der Waals surface area contributed by atoms with Crippen LogP contribution in [0.25, 0.3) is 0 Å². The van der Waals surface area contributed by atoms with Gasteiger partial charge < -0.3 is 0 Å². The maximum absolute atomic E-state index is 2.33. The third kappa shape index (κ3) is 3.51. The zero-order chi connectivity index (χ0) is 10.2. The molecule has 0 atom stereocenters. The first-order valence-electron chi connectivity index (χ1n) is 5.27. The van der Waals surface area contributed by atoms with Gasteiger partial charge in [-0.05, 0) is 35.4 Å². The van der Waals surface area contributed by atoms with E-state index in [0.717, 1.165) is 5.25 Å². The summed E-state index contributed by atoms with van der Waals surface area (Å²) in [5, 5.41) is 5.47. The van der Waals surface area contributed by atoms with Gasteiger partial charge in [0.25, 0.3) is 0 Å². The van der Waals surface area contributed by atoms with Crippen LogP contribution in [0, 0.1) is 0 Å². The Hall–Kier alpha value is -0.820. The van der Waals surface area contributed by atoms with E-state index in [-0.39, 0.29) is 0 Å². The molecule has 0 aliphatic rings. The topological polar surface area (TPSA) is 0 Å². The van der Waals surface area contributed by atoms with Crippen LogP contribution in [0.5, 0.6) is 0 Å². The van der Waals surface area contributed by atoms with Crippen molar-refractivity contribution in [2.45, 2.75) is 31.9 Å². The zero-order valence-corrected chi connectivity index (χ0v) is 9.84. The quantitative estimate of drug-likeness (QED) is 0.617. The SMILES string of the molecule is CCC(CC)[s+]1cccccccc1. The third-order valence-corrected chi connectivity index (χ3v) is 4.70. The molecule has 0 aliphatic carbocycles. The molecule has 1 heteroatoms. The third-order valence-electron chi connectivity index (χ3n) is 2.32. The van der Waals surface area contributed by atoms with E-state index in [9.17, 15) is 0 Å². The van der Waals surface area contributed by atoms with E-state index >= 15 is 0 Å². The lowest BCUT2D eigenvalue weighted by Gasteiger charge is -2.01. The van der Waals surface area contributed by atoms with E-state index in [1.807, 2.05) is 0 Å². The predicted octanol–water partition coefficient (Wildman–Crippen LogP) is 4.92. The van der Waals surface area contributed by atoms with Crippen LogP contribution in [0.2, 0.25) is 0 Å². The van der Waals surface area contributed by atoms with Gasteiger partial charge in [0.15, 0.2) is 0 Å². The van der Waals surface area contributed by atoms with Crippen molar-refractivity contribution in [3.63, 3.8) is 0 Å². The van der Waals surface area contributed by atoms with Gasteiger partial charge in [-0.1, -0.05) is 38.1 Å². The van der Waals surface area contributed by atoms with Gasteiger partial charge >= 0.3 is 0 Å². The minimum Gasteiger partial charge on any atom is -0.0621 e. The molecule has 0 spiro atoms. The van der Waals surface area contributed by atoms with Gasteiger partial charge in [0.05, 0.1) is 0 Å². The Morgan fingerprint density at radius 3 is 1.64 bits per heavy atom. The van der Waals surface area contributed by atoms with E-state index in [1.165, 1.54) is 12.8 Å². The summed E-state index contributed by atoms with van der Waals surface area (Å²) in [6.07, 6.45) is 2.53. The minimum atomic E-state index is 0.314. The zero-order valence-electron chi connectivity index (χ0n) is 9.02. The lowest BCUT2D eigenvalue weighted by Crippen LogP contribution is -1.84. The molecule has 0 saturated heterocycles. The molecule has 0 nitrogen and oxygen atoms in total. The Morgan fingerprint density at radius 2 is 1.21 bits per heavy atom. The Bertz CT molecular complexity index is 272. The average molecular weight is 207 g/mol. The second kappa shape index (κ2) is 6.61. The van der Waals surface area contributed by atoms with Crippen LogP contribution in [0.4, 0.5) is 0 Å². The molecule has 0 unspecified atom stereocenters. The smallest absolute Gasteiger partial charge is 0.0621 e. The van der Waals surface area contributed by atoms with E-state index in [1.54, 1.807) is 0 Å². The molecule has 1 aromatic heterocycles. The van der Waals surface area contributed by atoms with Gasteiger partial charge in [0.1, 0.15) is 16.0 Å². The van der Waals surface area contributed by atoms with Gasteiger partial charge in [-0.15, -0.1) is 0 Å².